The monoisotopic (exact) mass is 168 g/mol. The summed E-state index contributed by atoms with van der Waals surface area (Å²) < 4.78 is 0. The fourth-order valence-corrected chi connectivity index (χ4v) is 1.61. The van der Waals surface area contributed by atoms with Gasteiger partial charge in [0.25, 0.3) is 0 Å². The van der Waals surface area contributed by atoms with Crippen LogP contribution in [0.15, 0.2) is 12.2 Å². The molecule has 0 unspecified atom stereocenters. The number of rotatable bonds is 0. The van der Waals surface area contributed by atoms with E-state index in [2.05, 4.69) is 46.3 Å². The van der Waals surface area contributed by atoms with Crippen LogP contribution in [0.25, 0.3) is 0 Å². The lowest BCUT2D eigenvalue weighted by Gasteiger charge is -2.47. The Bertz CT molecular complexity index is 171. The minimum absolute atomic E-state index is 1.00. The second kappa shape index (κ2) is 3.14. The molecule has 2 rings (SSSR count). The lowest BCUT2D eigenvalue weighted by molar-refractivity contribution is -0.198. The molecule has 0 saturated carbocycles. The van der Waals surface area contributed by atoms with Gasteiger partial charge in [0.1, 0.15) is 0 Å². The van der Waals surface area contributed by atoms with E-state index in [1.807, 2.05) is 0 Å². The average Bonchev–Trinajstić information content (AvgIpc) is 2.07. The number of hydrogen-bond acceptors (Lipinski definition) is 4. The Balaban J connectivity index is 2.04. The molecule has 12 heavy (non-hydrogen) atoms. The Kier molecular flexibility index (Phi) is 2.14. The third-order valence-electron chi connectivity index (χ3n) is 2.52. The van der Waals surface area contributed by atoms with Crippen molar-refractivity contribution in [2.45, 2.75) is 0 Å². The average molecular weight is 168 g/mol. The highest BCUT2D eigenvalue weighted by Crippen LogP contribution is 2.12. The fraction of sp³-hybridized carbons (Fsp3) is 0.750. The molecular weight excluding hydrogens is 152 g/mol. The van der Waals surface area contributed by atoms with Crippen LogP contribution in [0.3, 0.4) is 0 Å². The first-order valence-corrected chi connectivity index (χ1v) is 4.34. The number of hydrogen-bond donors (Lipinski definition) is 0. The van der Waals surface area contributed by atoms with Crippen molar-refractivity contribution in [1.29, 1.82) is 0 Å². The zero-order valence-corrected chi connectivity index (χ0v) is 7.77. The molecule has 4 heteroatoms. The Morgan fingerprint density at radius 3 is 1.67 bits per heavy atom. The van der Waals surface area contributed by atoms with Gasteiger partial charge in [-0.05, 0) is 0 Å². The first-order valence-electron chi connectivity index (χ1n) is 4.34. The predicted molar refractivity (Wildman–Crippen MR) is 47.8 cm³/mol. The maximum atomic E-state index is 2.36. The van der Waals surface area contributed by atoms with Crippen molar-refractivity contribution in [3.63, 3.8) is 0 Å². The van der Waals surface area contributed by atoms with E-state index >= 15 is 0 Å². The van der Waals surface area contributed by atoms with E-state index in [1.165, 1.54) is 0 Å². The molecule has 0 spiro atoms. The summed E-state index contributed by atoms with van der Waals surface area (Å²) in [6.45, 7) is 4.11. The minimum atomic E-state index is 1.00. The normalized spacial score (nSPS) is 29.2. The van der Waals surface area contributed by atoms with Gasteiger partial charge in [-0.2, -0.15) is 0 Å². The predicted octanol–water partition coefficient (Wildman–Crippen LogP) is -0.218. The van der Waals surface area contributed by atoms with Crippen molar-refractivity contribution in [3.05, 3.63) is 12.2 Å². The molecule has 0 aromatic rings. The lowest BCUT2D eigenvalue weighted by Crippen LogP contribution is -2.62. The number of nitrogens with zero attached hydrogens (tertiary/aromatic N) is 4. The number of fused-ring (bicyclic) bond motifs is 1. The lowest BCUT2D eigenvalue weighted by atomic mass is 10.4. The van der Waals surface area contributed by atoms with Crippen LogP contribution in [-0.2, 0) is 0 Å². The summed E-state index contributed by atoms with van der Waals surface area (Å²) in [5.41, 5.74) is 0. The van der Waals surface area contributed by atoms with Crippen LogP contribution in [0.2, 0.25) is 0 Å². The quantitative estimate of drug-likeness (QED) is 0.464. The Labute approximate surface area is 73.6 Å². The van der Waals surface area contributed by atoms with Crippen LogP contribution in [0.5, 0.6) is 0 Å². The van der Waals surface area contributed by atoms with Gasteiger partial charge in [-0.25, -0.2) is 20.0 Å². The smallest absolute Gasteiger partial charge is 0.0788 e. The second-order valence-electron chi connectivity index (χ2n) is 3.45. The molecule has 0 aromatic heterocycles. The van der Waals surface area contributed by atoms with Crippen molar-refractivity contribution in [2.24, 2.45) is 0 Å². The van der Waals surface area contributed by atoms with Crippen molar-refractivity contribution < 1.29 is 0 Å². The van der Waals surface area contributed by atoms with E-state index in [9.17, 15) is 0 Å². The van der Waals surface area contributed by atoms with Gasteiger partial charge in [0.15, 0.2) is 0 Å². The van der Waals surface area contributed by atoms with Crippen molar-refractivity contribution in [1.82, 2.24) is 20.0 Å². The van der Waals surface area contributed by atoms with Crippen LogP contribution >= 0.6 is 0 Å². The molecule has 0 amide bonds. The Morgan fingerprint density at radius 2 is 1.25 bits per heavy atom. The van der Waals surface area contributed by atoms with Crippen LogP contribution in [0, 0.1) is 0 Å². The highest BCUT2D eigenvalue weighted by atomic mass is 15.8. The summed E-state index contributed by atoms with van der Waals surface area (Å²) in [4.78, 5) is 0. The van der Waals surface area contributed by atoms with Crippen molar-refractivity contribution >= 4 is 0 Å². The maximum Gasteiger partial charge on any atom is 0.0788 e. The van der Waals surface area contributed by atoms with Gasteiger partial charge in [0, 0.05) is 27.2 Å². The molecule has 0 radical (unpaired) electrons. The Morgan fingerprint density at radius 1 is 0.833 bits per heavy atom. The second-order valence-corrected chi connectivity index (χ2v) is 3.45. The molecular formula is C8H16N4. The number of hydrazine groups is 2. The van der Waals surface area contributed by atoms with Gasteiger partial charge < -0.3 is 0 Å². The molecule has 1 saturated heterocycles. The van der Waals surface area contributed by atoms with E-state index in [4.69, 9.17) is 0 Å². The zero-order valence-electron chi connectivity index (χ0n) is 7.77. The Hall–Kier alpha value is -0.420. The fourth-order valence-electron chi connectivity index (χ4n) is 1.61. The molecule has 0 aromatic carbocycles. The van der Waals surface area contributed by atoms with Gasteiger partial charge in [-0.3, -0.25) is 0 Å². The molecule has 2 heterocycles. The van der Waals surface area contributed by atoms with Gasteiger partial charge in [0.05, 0.1) is 13.3 Å². The van der Waals surface area contributed by atoms with Gasteiger partial charge >= 0.3 is 0 Å². The summed E-state index contributed by atoms with van der Waals surface area (Å²) in [6, 6.07) is 0. The van der Waals surface area contributed by atoms with E-state index in [1.54, 1.807) is 0 Å². The summed E-state index contributed by atoms with van der Waals surface area (Å²) in [7, 11) is 4.24. The molecule has 0 bridgehead atoms. The minimum Gasteiger partial charge on any atom is -0.228 e. The summed E-state index contributed by atoms with van der Waals surface area (Å²) in [5, 5.41) is 9.19. The topological polar surface area (TPSA) is 13.0 Å². The SMILES string of the molecule is CN1CN2CC=CCN2CN1C. The third-order valence-corrected chi connectivity index (χ3v) is 2.52. The largest absolute Gasteiger partial charge is 0.228 e. The van der Waals surface area contributed by atoms with Gasteiger partial charge in [0.2, 0.25) is 0 Å². The highest BCUT2D eigenvalue weighted by molar-refractivity contribution is 4.91. The maximum absolute atomic E-state index is 2.36. The van der Waals surface area contributed by atoms with Crippen molar-refractivity contribution in [3.8, 4) is 0 Å². The van der Waals surface area contributed by atoms with E-state index in [0.717, 1.165) is 26.4 Å². The van der Waals surface area contributed by atoms with Crippen LogP contribution < -0.4 is 0 Å². The molecule has 2 aliphatic rings. The summed E-state index contributed by atoms with van der Waals surface area (Å²) >= 11 is 0. The summed E-state index contributed by atoms with van der Waals surface area (Å²) in [5.74, 6) is 0. The first kappa shape index (κ1) is 8.19. The molecule has 0 aliphatic carbocycles. The molecule has 0 atom stereocenters. The molecule has 68 valence electrons. The van der Waals surface area contributed by atoms with Gasteiger partial charge in [-0.15, -0.1) is 0 Å². The molecule has 4 nitrogen and oxygen atoms in total. The zero-order chi connectivity index (χ0) is 8.55. The van der Waals surface area contributed by atoms with Gasteiger partial charge in [-0.1, -0.05) is 12.2 Å². The van der Waals surface area contributed by atoms with E-state index in [-0.39, 0.29) is 0 Å². The van der Waals surface area contributed by atoms with Crippen molar-refractivity contribution in [2.75, 3.05) is 40.5 Å². The summed E-state index contributed by atoms with van der Waals surface area (Å²) in [6.07, 6.45) is 4.46. The molecule has 0 N–H and O–H groups in total. The highest BCUT2D eigenvalue weighted by Gasteiger charge is 2.25. The third kappa shape index (κ3) is 1.38. The molecule has 1 fully saturated rings. The standard InChI is InChI=1S/C8H16N4/c1-9-7-11-5-3-4-6-12(11)8-10(9)2/h3-4H,5-8H2,1-2H3. The molecule has 2 aliphatic heterocycles. The van der Waals surface area contributed by atoms with E-state index < -0.39 is 0 Å². The van der Waals surface area contributed by atoms with Crippen LogP contribution in [0.4, 0.5) is 0 Å². The van der Waals surface area contributed by atoms with Crippen LogP contribution in [-0.4, -0.2) is 60.6 Å². The van der Waals surface area contributed by atoms with Crippen LogP contribution in [0.1, 0.15) is 0 Å². The van der Waals surface area contributed by atoms with E-state index in [0.29, 0.717) is 0 Å². The first-order chi connectivity index (χ1) is 5.77.